The number of piperazine rings is 1. The lowest BCUT2D eigenvalue weighted by Gasteiger charge is -2.36. The molecule has 1 aliphatic heterocycles. The highest BCUT2D eigenvalue weighted by Gasteiger charge is 2.44. The van der Waals surface area contributed by atoms with Crippen LogP contribution in [0.4, 0.5) is 39.5 Å². The Bertz CT molecular complexity index is 614. The third kappa shape index (κ3) is 6.03. The molecule has 2 nitrogen and oxygen atoms in total. The van der Waals surface area contributed by atoms with E-state index >= 15 is 0 Å². The van der Waals surface area contributed by atoms with Crippen LogP contribution in [0.2, 0.25) is 0 Å². The summed E-state index contributed by atoms with van der Waals surface area (Å²) in [6, 6.07) is -2.79. The van der Waals surface area contributed by atoms with Gasteiger partial charge in [0.25, 0.3) is 6.43 Å². The fourth-order valence-electron chi connectivity index (χ4n) is 2.74. The van der Waals surface area contributed by atoms with Crippen LogP contribution in [-0.4, -0.2) is 37.5 Å². The molecule has 1 N–H and O–H groups in total. The SMILES string of the molecule is Cl.Cl.Fc1cc(C(F)(F)F)cc(C(F)(F)F)c1[C@@H](C(F)F)N1CCNCC1. The van der Waals surface area contributed by atoms with Crippen molar-refractivity contribution >= 4 is 24.8 Å². The second-order valence-electron chi connectivity index (χ2n) is 5.48. The predicted molar refractivity (Wildman–Crippen MR) is 84.1 cm³/mol. The van der Waals surface area contributed by atoms with Gasteiger partial charge in [0.2, 0.25) is 0 Å². The maximum absolute atomic E-state index is 14.2. The van der Waals surface area contributed by atoms with Crippen LogP contribution in [0.15, 0.2) is 12.1 Å². The quantitative estimate of drug-likeness (QED) is 0.655. The Labute approximate surface area is 160 Å². The van der Waals surface area contributed by atoms with Gasteiger partial charge in [-0.15, -0.1) is 24.8 Å². The number of hydrogen-bond donors (Lipinski definition) is 1. The molecule has 1 aromatic carbocycles. The molecule has 0 spiro atoms. The monoisotopic (exact) mass is 452 g/mol. The Hall–Kier alpha value is -0.910. The van der Waals surface area contributed by atoms with Gasteiger partial charge in [-0.25, -0.2) is 13.2 Å². The third-order valence-electron chi connectivity index (χ3n) is 3.84. The van der Waals surface area contributed by atoms with Crippen LogP contribution >= 0.6 is 24.8 Å². The van der Waals surface area contributed by atoms with E-state index in [0.717, 1.165) is 4.90 Å². The molecule has 27 heavy (non-hydrogen) atoms. The maximum atomic E-state index is 14.2. The molecule has 1 saturated heterocycles. The van der Waals surface area contributed by atoms with Crippen molar-refractivity contribution in [1.82, 2.24) is 10.2 Å². The Kier molecular flexibility index (Phi) is 9.21. The van der Waals surface area contributed by atoms with Gasteiger partial charge in [0.05, 0.1) is 17.2 Å². The molecule has 1 aliphatic rings. The van der Waals surface area contributed by atoms with Gasteiger partial charge in [-0.2, -0.15) is 26.3 Å². The van der Waals surface area contributed by atoms with E-state index in [1.807, 2.05) is 0 Å². The maximum Gasteiger partial charge on any atom is 0.416 e. The van der Waals surface area contributed by atoms with Crippen LogP contribution < -0.4 is 5.32 Å². The minimum atomic E-state index is -5.42. The summed E-state index contributed by atoms with van der Waals surface area (Å²) in [6.07, 6.45) is -14.1. The van der Waals surface area contributed by atoms with Crippen molar-refractivity contribution in [2.75, 3.05) is 26.2 Å². The normalized spacial score (nSPS) is 17.3. The standard InChI is InChI=1S/C14H13F9N2.2ClH/c15-9-6-7(13(18,19)20)5-8(14(21,22)23)10(9)11(12(16)17)25-3-1-24-2-4-25;;/h5-6,11-12,24H,1-4H2;2*1H/t11-;;/m0../s1. The van der Waals surface area contributed by atoms with Crippen LogP contribution in [0, 0.1) is 5.82 Å². The molecule has 158 valence electrons. The molecule has 0 aliphatic carbocycles. The molecule has 2 rings (SSSR count). The average molecular weight is 453 g/mol. The van der Waals surface area contributed by atoms with Gasteiger partial charge in [0.15, 0.2) is 0 Å². The molecule has 1 aromatic rings. The van der Waals surface area contributed by atoms with Gasteiger partial charge < -0.3 is 5.32 Å². The van der Waals surface area contributed by atoms with Gasteiger partial charge in [0, 0.05) is 31.7 Å². The lowest BCUT2D eigenvalue weighted by Crippen LogP contribution is -2.47. The Morgan fingerprint density at radius 2 is 1.41 bits per heavy atom. The molecular formula is C14H15Cl2F9N2. The topological polar surface area (TPSA) is 15.3 Å². The van der Waals surface area contributed by atoms with Crippen molar-refractivity contribution in [2.45, 2.75) is 24.8 Å². The van der Waals surface area contributed by atoms with E-state index in [1.54, 1.807) is 0 Å². The molecule has 13 heteroatoms. The van der Waals surface area contributed by atoms with Crippen LogP contribution in [0.25, 0.3) is 0 Å². The summed E-state index contributed by atoms with van der Waals surface area (Å²) in [5, 5.41) is 2.80. The first-order chi connectivity index (χ1) is 11.4. The van der Waals surface area contributed by atoms with Gasteiger partial charge in [-0.3, -0.25) is 4.90 Å². The summed E-state index contributed by atoms with van der Waals surface area (Å²) >= 11 is 0. The van der Waals surface area contributed by atoms with Crippen molar-refractivity contribution in [3.05, 3.63) is 34.6 Å². The minimum Gasteiger partial charge on any atom is -0.314 e. The summed E-state index contributed by atoms with van der Waals surface area (Å²) in [6.45, 7) is 0.194. The van der Waals surface area contributed by atoms with Crippen molar-refractivity contribution in [2.24, 2.45) is 0 Å². The zero-order valence-electron chi connectivity index (χ0n) is 13.3. The highest BCUT2D eigenvalue weighted by molar-refractivity contribution is 5.85. The van der Waals surface area contributed by atoms with Crippen molar-refractivity contribution in [1.29, 1.82) is 0 Å². The number of hydrogen-bond acceptors (Lipinski definition) is 2. The number of halogens is 11. The van der Waals surface area contributed by atoms with Gasteiger partial charge >= 0.3 is 12.4 Å². The number of rotatable bonds is 3. The van der Waals surface area contributed by atoms with E-state index in [0.29, 0.717) is 0 Å². The van der Waals surface area contributed by atoms with E-state index in [9.17, 15) is 39.5 Å². The number of nitrogens with one attached hydrogen (secondary N) is 1. The fraction of sp³-hybridized carbons (Fsp3) is 0.571. The summed E-state index contributed by atoms with van der Waals surface area (Å²) in [5.41, 5.74) is -5.38. The molecule has 1 atom stereocenters. The van der Waals surface area contributed by atoms with Crippen LogP contribution in [0.1, 0.15) is 22.7 Å². The lowest BCUT2D eigenvalue weighted by atomic mass is 9.95. The van der Waals surface area contributed by atoms with Crippen LogP contribution in [-0.2, 0) is 12.4 Å². The van der Waals surface area contributed by atoms with Crippen molar-refractivity contribution < 1.29 is 39.5 Å². The third-order valence-corrected chi connectivity index (χ3v) is 3.84. The number of benzene rings is 1. The summed E-state index contributed by atoms with van der Waals surface area (Å²) in [4.78, 5) is 0.933. The smallest absolute Gasteiger partial charge is 0.314 e. The zero-order chi connectivity index (χ0) is 19.0. The van der Waals surface area contributed by atoms with E-state index in [4.69, 9.17) is 0 Å². The minimum absolute atomic E-state index is 0. The summed E-state index contributed by atoms with van der Waals surface area (Å²) in [7, 11) is 0. The van der Waals surface area contributed by atoms with E-state index in [-0.39, 0.29) is 63.1 Å². The second kappa shape index (κ2) is 9.53. The first kappa shape index (κ1) is 26.1. The molecule has 0 amide bonds. The van der Waals surface area contributed by atoms with Crippen molar-refractivity contribution in [3.8, 4) is 0 Å². The van der Waals surface area contributed by atoms with Crippen LogP contribution in [0.3, 0.4) is 0 Å². The first-order valence-electron chi connectivity index (χ1n) is 7.13. The van der Waals surface area contributed by atoms with E-state index < -0.39 is 47.3 Å². The van der Waals surface area contributed by atoms with Crippen molar-refractivity contribution in [3.63, 3.8) is 0 Å². The molecule has 0 radical (unpaired) electrons. The highest BCUT2D eigenvalue weighted by Crippen LogP contribution is 2.43. The molecule has 1 fully saturated rings. The Morgan fingerprint density at radius 3 is 1.81 bits per heavy atom. The molecule has 0 unspecified atom stereocenters. The Morgan fingerprint density at radius 1 is 0.889 bits per heavy atom. The highest BCUT2D eigenvalue weighted by atomic mass is 35.5. The van der Waals surface area contributed by atoms with Gasteiger partial charge in [-0.05, 0) is 12.1 Å². The summed E-state index contributed by atoms with van der Waals surface area (Å²) < 4.78 is 119. The van der Waals surface area contributed by atoms with Gasteiger partial charge in [-0.1, -0.05) is 0 Å². The van der Waals surface area contributed by atoms with E-state index in [1.165, 1.54) is 0 Å². The fourth-order valence-corrected chi connectivity index (χ4v) is 2.74. The first-order valence-corrected chi connectivity index (χ1v) is 7.13. The lowest BCUT2D eigenvalue weighted by molar-refractivity contribution is -0.144. The summed E-state index contributed by atoms with van der Waals surface area (Å²) in [5.74, 6) is -1.95. The second-order valence-corrected chi connectivity index (χ2v) is 5.48. The molecule has 1 heterocycles. The average Bonchev–Trinajstić information content (AvgIpc) is 2.47. The number of nitrogens with zero attached hydrogens (tertiary/aromatic N) is 1. The van der Waals surface area contributed by atoms with Crippen LogP contribution in [0.5, 0.6) is 0 Å². The molecule has 0 aromatic heterocycles. The predicted octanol–water partition coefficient (Wildman–Crippen LogP) is 4.92. The molecule has 0 bridgehead atoms. The molecular weight excluding hydrogens is 438 g/mol. The van der Waals surface area contributed by atoms with Gasteiger partial charge in [0.1, 0.15) is 5.82 Å². The number of alkyl halides is 8. The zero-order valence-corrected chi connectivity index (χ0v) is 14.9. The van der Waals surface area contributed by atoms with E-state index in [2.05, 4.69) is 5.32 Å². The molecule has 0 saturated carbocycles. The largest absolute Gasteiger partial charge is 0.416 e. The Balaban J connectivity index is 0.00000338.